The molecule has 8 heteroatoms. The van der Waals surface area contributed by atoms with Crippen molar-refractivity contribution in [3.63, 3.8) is 0 Å². The number of aryl methyl sites for hydroxylation is 1. The van der Waals surface area contributed by atoms with Gasteiger partial charge < -0.3 is 9.47 Å². The zero-order valence-electron chi connectivity index (χ0n) is 13.8. The molecule has 0 spiro atoms. The molecule has 2 aromatic rings. The maximum atomic E-state index is 12.5. The summed E-state index contributed by atoms with van der Waals surface area (Å²) >= 11 is 6.29. The van der Waals surface area contributed by atoms with Crippen molar-refractivity contribution >= 4 is 27.3 Å². The molecule has 0 radical (unpaired) electrons. The molecule has 1 aliphatic heterocycles. The SMILES string of the molecule is Cc1cc(=O)ccn1-c1cc(C2N(C)C(=O)CCS2(=O)=O)ccc1Cl. The van der Waals surface area contributed by atoms with Crippen molar-refractivity contribution in [2.75, 3.05) is 12.8 Å². The van der Waals surface area contributed by atoms with Gasteiger partial charge in [0, 0.05) is 37.5 Å². The van der Waals surface area contributed by atoms with Crippen LogP contribution in [-0.4, -0.2) is 36.6 Å². The minimum atomic E-state index is -3.48. The molecule has 1 saturated heterocycles. The minimum absolute atomic E-state index is 0.00536. The highest BCUT2D eigenvalue weighted by Gasteiger charge is 2.38. The predicted octanol–water partition coefficient (Wildman–Crippen LogP) is 2.07. The number of hydrogen-bond acceptors (Lipinski definition) is 4. The molecular weight excluding hydrogens is 364 g/mol. The molecule has 132 valence electrons. The average molecular weight is 381 g/mol. The van der Waals surface area contributed by atoms with Gasteiger partial charge in [0.15, 0.2) is 20.6 Å². The Morgan fingerprint density at radius 3 is 2.56 bits per heavy atom. The number of aromatic nitrogens is 1. The summed E-state index contributed by atoms with van der Waals surface area (Å²) in [7, 11) is -2.00. The van der Waals surface area contributed by atoms with E-state index in [4.69, 9.17) is 11.6 Å². The van der Waals surface area contributed by atoms with Crippen LogP contribution in [0, 0.1) is 6.92 Å². The van der Waals surface area contributed by atoms with Crippen LogP contribution in [0.15, 0.2) is 41.3 Å². The third kappa shape index (κ3) is 3.21. The van der Waals surface area contributed by atoms with Crippen molar-refractivity contribution in [2.45, 2.75) is 18.7 Å². The van der Waals surface area contributed by atoms with Crippen LogP contribution in [0.2, 0.25) is 5.02 Å². The van der Waals surface area contributed by atoms with Crippen LogP contribution in [0.3, 0.4) is 0 Å². The van der Waals surface area contributed by atoms with E-state index in [0.29, 0.717) is 22.0 Å². The average Bonchev–Trinajstić information content (AvgIpc) is 2.53. The first kappa shape index (κ1) is 17.7. The van der Waals surface area contributed by atoms with Crippen molar-refractivity contribution in [1.29, 1.82) is 0 Å². The number of pyridine rings is 1. The van der Waals surface area contributed by atoms with Crippen molar-refractivity contribution in [1.82, 2.24) is 9.47 Å². The molecule has 0 saturated carbocycles. The predicted molar refractivity (Wildman–Crippen MR) is 95.7 cm³/mol. The highest BCUT2D eigenvalue weighted by atomic mass is 35.5. The smallest absolute Gasteiger partial charge is 0.224 e. The van der Waals surface area contributed by atoms with E-state index in [1.54, 1.807) is 35.9 Å². The van der Waals surface area contributed by atoms with Gasteiger partial charge in [-0.05, 0) is 24.6 Å². The van der Waals surface area contributed by atoms with E-state index in [2.05, 4.69) is 0 Å². The number of hydrogen-bond donors (Lipinski definition) is 0. The molecule has 0 bridgehead atoms. The first-order valence-corrected chi connectivity index (χ1v) is 9.76. The largest absolute Gasteiger partial charge is 0.325 e. The maximum Gasteiger partial charge on any atom is 0.224 e. The van der Waals surface area contributed by atoms with Crippen LogP contribution in [0.1, 0.15) is 23.1 Å². The fourth-order valence-corrected chi connectivity index (χ4v) is 5.10. The lowest BCUT2D eigenvalue weighted by Crippen LogP contribution is -2.42. The number of benzene rings is 1. The van der Waals surface area contributed by atoms with E-state index >= 15 is 0 Å². The summed E-state index contributed by atoms with van der Waals surface area (Å²) in [5.41, 5.74) is 1.56. The third-order valence-corrected chi connectivity index (χ3v) is 6.68. The van der Waals surface area contributed by atoms with Crippen LogP contribution < -0.4 is 5.43 Å². The van der Waals surface area contributed by atoms with Gasteiger partial charge in [-0.25, -0.2) is 8.42 Å². The number of carbonyl (C=O) groups excluding carboxylic acids is 1. The summed E-state index contributed by atoms with van der Waals surface area (Å²) in [6, 6.07) is 7.74. The van der Waals surface area contributed by atoms with Crippen molar-refractivity contribution in [3.8, 4) is 5.69 Å². The lowest BCUT2D eigenvalue weighted by atomic mass is 10.1. The first-order valence-electron chi connectivity index (χ1n) is 7.67. The fourth-order valence-electron chi connectivity index (χ4n) is 3.05. The maximum absolute atomic E-state index is 12.5. The summed E-state index contributed by atoms with van der Waals surface area (Å²) in [5.74, 6) is -0.383. The van der Waals surface area contributed by atoms with Gasteiger partial charge in [0.25, 0.3) is 0 Å². The molecule has 1 aromatic carbocycles. The van der Waals surface area contributed by atoms with Crippen LogP contribution >= 0.6 is 11.6 Å². The normalized spacial score (nSPS) is 19.9. The van der Waals surface area contributed by atoms with Gasteiger partial charge in [-0.1, -0.05) is 17.7 Å². The Balaban J connectivity index is 2.16. The van der Waals surface area contributed by atoms with E-state index in [9.17, 15) is 18.0 Å². The zero-order chi connectivity index (χ0) is 18.4. The summed E-state index contributed by atoms with van der Waals surface area (Å²) in [5, 5.41) is -0.623. The molecule has 25 heavy (non-hydrogen) atoms. The third-order valence-electron chi connectivity index (χ3n) is 4.32. The zero-order valence-corrected chi connectivity index (χ0v) is 15.3. The molecular formula is C17H17ClN2O4S. The number of rotatable bonds is 2. The molecule has 1 aliphatic rings. The Morgan fingerprint density at radius 2 is 1.88 bits per heavy atom. The van der Waals surface area contributed by atoms with Gasteiger partial charge in [0.2, 0.25) is 5.91 Å². The first-order chi connectivity index (χ1) is 11.7. The molecule has 1 amide bonds. The van der Waals surface area contributed by atoms with Crippen molar-refractivity contribution in [2.24, 2.45) is 0 Å². The van der Waals surface area contributed by atoms with Crippen LogP contribution in [0.4, 0.5) is 0 Å². The van der Waals surface area contributed by atoms with Gasteiger partial charge in [-0.2, -0.15) is 0 Å². The van der Waals surface area contributed by atoms with Gasteiger partial charge in [0.1, 0.15) is 0 Å². The van der Waals surface area contributed by atoms with E-state index in [1.807, 2.05) is 0 Å². The Kier molecular flexibility index (Phi) is 4.47. The second-order valence-corrected chi connectivity index (χ2v) is 8.65. The highest BCUT2D eigenvalue weighted by molar-refractivity contribution is 7.91. The summed E-state index contributed by atoms with van der Waals surface area (Å²) in [6.07, 6.45) is 1.58. The van der Waals surface area contributed by atoms with Gasteiger partial charge in [-0.3, -0.25) is 9.59 Å². The second kappa shape index (κ2) is 6.31. The van der Waals surface area contributed by atoms with E-state index < -0.39 is 15.2 Å². The quantitative estimate of drug-likeness (QED) is 0.799. The Bertz CT molecular complexity index is 1010. The van der Waals surface area contributed by atoms with Crippen molar-refractivity contribution in [3.05, 3.63) is 63.0 Å². The molecule has 1 fully saturated rings. The number of sulfone groups is 1. The Labute approximate surface area is 150 Å². The lowest BCUT2D eigenvalue weighted by molar-refractivity contribution is -0.130. The fraction of sp³-hybridized carbons (Fsp3) is 0.294. The number of nitrogens with zero attached hydrogens (tertiary/aromatic N) is 2. The summed E-state index contributed by atoms with van der Waals surface area (Å²) < 4.78 is 26.7. The van der Waals surface area contributed by atoms with E-state index in [-0.39, 0.29) is 23.5 Å². The summed E-state index contributed by atoms with van der Waals surface area (Å²) in [6.45, 7) is 1.76. The van der Waals surface area contributed by atoms with Crippen LogP contribution in [0.5, 0.6) is 0 Å². The molecule has 0 aliphatic carbocycles. The highest BCUT2D eigenvalue weighted by Crippen LogP contribution is 2.34. The molecule has 1 atom stereocenters. The van der Waals surface area contributed by atoms with Crippen LogP contribution in [-0.2, 0) is 14.6 Å². The van der Waals surface area contributed by atoms with Gasteiger partial charge in [0.05, 0.1) is 16.5 Å². The number of halogens is 1. The number of carbonyl (C=O) groups is 1. The van der Waals surface area contributed by atoms with Crippen LogP contribution in [0.25, 0.3) is 5.69 Å². The molecule has 3 rings (SSSR count). The van der Waals surface area contributed by atoms with Gasteiger partial charge >= 0.3 is 0 Å². The molecule has 1 unspecified atom stereocenters. The summed E-state index contributed by atoms with van der Waals surface area (Å²) in [4.78, 5) is 24.7. The molecule has 2 heterocycles. The molecule has 1 aromatic heterocycles. The van der Waals surface area contributed by atoms with E-state index in [1.165, 1.54) is 24.1 Å². The van der Waals surface area contributed by atoms with Crippen molar-refractivity contribution < 1.29 is 13.2 Å². The molecule has 0 N–H and O–H groups in total. The number of amides is 1. The van der Waals surface area contributed by atoms with Gasteiger partial charge in [-0.15, -0.1) is 0 Å². The topological polar surface area (TPSA) is 76.5 Å². The second-order valence-electron chi connectivity index (χ2n) is 6.06. The Morgan fingerprint density at radius 1 is 1.16 bits per heavy atom. The minimum Gasteiger partial charge on any atom is -0.325 e. The Hall–Kier alpha value is -2.12. The van der Waals surface area contributed by atoms with E-state index in [0.717, 1.165) is 0 Å². The molecule has 6 nitrogen and oxygen atoms in total. The lowest BCUT2D eigenvalue weighted by Gasteiger charge is -2.32. The monoisotopic (exact) mass is 380 g/mol. The standard InChI is InChI=1S/C17H17ClN2O4S/c1-11-9-13(21)5-7-20(11)15-10-12(3-4-14(15)18)17-19(2)16(22)6-8-25(17,23)24/h3-5,7,9-10,17H,6,8H2,1-2H3.